The Bertz CT molecular complexity index is 510. The Morgan fingerprint density at radius 2 is 1.88 bits per heavy atom. The maximum absolute atomic E-state index is 13.4. The third kappa shape index (κ3) is 2.68. The van der Waals surface area contributed by atoms with Crippen LogP contribution in [0.15, 0.2) is 42.5 Å². The van der Waals surface area contributed by atoms with Crippen molar-refractivity contribution in [2.45, 2.75) is 6.61 Å². The summed E-state index contributed by atoms with van der Waals surface area (Å²) in [5.74, 6) is -0.413. The minimum atomic E-state index is -0.475. The average Bonchev–Trinajstić information content (AvgIpc) is 2.30. The van der Waals surface area contributed by atoms with E-state index in [1.165, 1.54) is 12.1 Å². The first-order chi connectivity index (χ1) is 8.18. The van der Waals surface area contributed by atoms with Gasteiger partial charge in [0.25, 0.3) is 0 Å². The van der Waals surface area contributed by atoms with E-state index in [-0.39, 0.29) is 18.0 Å². The van der Waals surface area contributed by atoms with Crippen molar-refractivity contribution in [1.29, 1.82) is 0 Å². The van der Waals surface area contributed by atoms with Crippen LogP contribution in [0.25, 0.3) is 0 Å². The summed E-state index contributed by atoms with van der Waals surface area (Å²) in [4.78, 5) is 0. The van der Waals surface area contributed by atoms with Gasteiger partial charge in [-0.05, 0) is 18.2 Å². The lowest BCUT2D eigenvalue weighted by Gasteiger charge is -2.10. The number of hydrogen-bond acceptors (Lipinski definition) is 2. The van der Waals surface area contributed by atoms with E-state index in [0.29, 0.717) is 5.02 Å². The van der Waals surface area contributed by atoms with Crippen LogP contribution in [0.1, 0.15) is 5.56 Å². The highest BCUT2D eigenvalue weighted by Crippen LogP contribution is 2.26. The molecule has 0 saturated carbocycles. The van der Waals surface area contributed by atoms with Gasteiger partial charge < -0.3 is 10.5 Å². The number of nitrogen functional groups attached to an aromatic ring is 1. The lowest BCUT2D eigenvalue weighted by atomic mass is 10.2. The highest BCUT2D eigenvalue weighted by atomic mass is 35.5. The second-order valence-electron chi connectivity index (χ2n) is 3.54. The van der Waals surface area contributed by atoms with Crippen molar-refractivity contribution in [3.05, 3.63) is 58.9 Å². The molecule has 0 atom stereocenters. The zero-order valence-corrected chi connectivity index (χ0v) is 9.75. The summed E-state index contributed by atoms with van der Waals surface area (Å²) in [6.07, 6.45) is 0. The maximum atomic E-state index is 13.4. The molecule has 2 N–H and O–H groups in total. The lowest BCUT2D eigenvalue weighted by Crippen LogP contribution is -2.01. The molecule has 88 valence electrons. The van der Waals surface area contributed by atoms with Crippen LogP contribution >= 0.6 is 11.6 Å². The van der Waals surface area contributed by atoms with E-state index in [1.54, 1.807) is 12.1 Å². The molecule has 0 aliphatic carbocycles. The van der Waals surface area contributed by atoms with E-state index in [9.17, 15) is 4.39 Å². The van der Waals surface area contributed by atoms with Gasteiger partial charge >= 0.3 is 0 Å². The number of benzene rings is 2. The number of ether oxygens (including phenoxy) is 1. The predicted molar refractivity (Wildman–Crippen MR) is 66.6 cm³/mol. The Balaban J connectivity index is 2.16. The number of nitrogens with two attached hydrogens (primary N) is 1. The molecule has 0 fully saturated rings. The molecule has 0 heterocycles. The molecule has 2 aromatic rings. The normalized spacial score (nSPS) is 10.2. The topological polar surface area (TPSA) is 35.2 Å². The van der Waals surface area contributed by atoms with E-state index < -0.39 is 5.82 Å². The fourth-order valence-corrected chi connectivity index (χ4v) is 1.63. The van der Waals surface area contributed by atoms with E-state index in [2.05, 4.69) is 0 Å². The second kappa shape index (κ2) is 5.06. The SMILES string of the molecule is Nc1cccc(F)c1OCc1ccccc1Cl. The van der Waals surface area contributed by atoms with Gasteiger partial charge in [-0.3, -0.25) is 0 Å². The summed E-state index contributed by atoms with van der Waals surface area (Å²) >= 11 is 5.97. The highest BCUT2D eigenvalue weighted by Gasteiger charge is 2.08. The zero-order chi connectivity index (χ0) is 12.3. The molecule has 0 spiro atoms. The molecule has 0 aliphatic heterocycles. The molecule has 2 aromatic carbocycles. The van der Waals surface area contributed by atoms with Gasteiger partial charge in [-0.15, -0.1) is 0 Å². The van der Waals surface area contributed by atoms with Gasteiger partial charge in [-0.2, -0.15) is 0 Å². The molecular formula is C13H11ClFNO. The van der Waals surface area contributed by atoms with E-state index in [4.69, 9.17) is 22.1 Å². The molecule has 0 aliphatic rings. The number of hydrogen-bond donors (Lipinski definition) is 1. The van der Waals surface area contributed by atoms with Crippen LogP contribution in [0.3, 0.4) is 0 Å². The summed E-state index contributed by atoms with van der Waals surface area (Å²) in [6, 6.07) is 11.7. The fraction of sp³-hybridized carbons (Fsp3) is 0.0769. The van der Waals surface area contributed by atoms with Crippen molar-refractivity contribution in [3.63, 3.8) is 0 Å². The Morgan fingerprint density at radius 3 is 2.59 bits per heavy atom. The van der Waals surface area contributed by atoms with Gasteiger partial charge in [0, 0.05) is 10.6 Å². The standard InChI is InChI=1S/C13H11ClFNO/c14-10-5-2-1-4-9(10)8-17-13-11(15)6-3-7-12(13)16/h1-7H,8,16H2. The van der Waals surface area contributed by atoms with Gasteiger partial charge in [0.1, 0.15) is 6.61 Å². The van der Waals surface area contributed by atoms with Crippen molar-refractivity contribution in [2.24, 2.45) is 0 Å². The summed E-state index contributed by atoms with van der Waals surface area (Å²) in [7, 11) is 0. The molecule has 0 bridgehead atoms. The lowest BCUT2D eigenvalue weighted by molar-refractivity contribution is 0.292. The molecule has 0 unspecified atom stereocenters. The highest BCUT2D eigenvalue weighted by molar-refractivity contribution is 6.31. The molecule has 0 aromatic heterocycles. The molecule has 2 rings (SSSR count). The van der Waals surface area contributed by atoms with Crippen LogP contribution in [0.5, 0.6) is 5.75 Å². The maximum Gasteiger partial charge on any atom is 0.178 e. The zero-order valence-electron chi connectivity index (χ0n) is 8.99. The molecule has 17 heavy (non-hydrogen) atoms. The number of anilines is 1. The minimum Gasteiger partial charge on any atom is -0.484 e. The van der Waals surface area contributed by atoms with Crippen LogP contribution in [-0.4, -0.2) is 0 Å². The number of halogens is 2. The summed E-state index contributed by atoms with van der Waals surface area (Å²) in [5.41, 5.74) is 6.69. The van der Waals surface area contributed by atoms with Gasteiger partial charge in [-0.25, -0.2) is 4.39 Å². The van der Waals surface area contributed by atoms with Gasteiger partial charge in [0.2, 0.25) is 0 Å². The summed E-state index contributed by atoms with van der Waals surface area (Å²) < 4.78 is 18.8. The van der Waals surface area contributed by atoms with Crippen molar-refractivity contribution >= 4 is 17.3 Å². The first kappa shape index (κ1) is 11.7. The van der Waals surface area contributed by atoms with E-state index >= 15 is 0 Å². The Morgan fingerprint density at radius 1 is 1.12 bits per heavy atom. The molecular weight excluding hydrogens is 241 g/mol. The van der Waals surface area contributed by atoms with Gasteiger partial charge in [0.05, 0.1) is 5.69 Å². The van der Waals surface area contributed by atoms with Crippen molar-refractivity contribution in [3.8, 4) is 5.75 Å². The summed E-state index contributed by atoms with van der Waals surface area (Å²) in [5, 5.41) is 0.586. The van der Waals surface area contributed by atoms with Crippen LogP contribution in [0, 0.1) is 5.82 Å². The minimum absolute atomic E-state index is 0.0624. The first-order valence-corrected chi connectivity index (χ1v) is 5.46. The smallest absolute Gasteiger partial charge is 0.178 e. The third-order valence-corrected chi connectivity index (χ3v) is 2.70. The number of rotatable bonds is 3. The summed E-state index contributed by atoms with van der Waals surface area (Å²) in [6.45, 7) is 0.185. The fourth-order valence-electron chi connectivity index (χ4n) is 1.44. The van der Waals surface area contributed by atoms with Gasteiger partial charge in [-0.1, -0.05) is 35.9 Å². The van der Waals surface area contributed by atoms with Crippen molar-refractivity contribution in [2.75, 3.05) is 5.73 Å². The number of para-hydroxylation sites is 1. The van der Waals surface area contributed by atoms with Crippen molar-refractivity contribution in [1.82, 2.24) is 0 Å². The van der Waals surface area contributed by atoms with Crippen LogP contribution in [-0.2, 0) is 6.61 Å². The quantitative estimate of drug-likeness (QED) is 0.846. The predicted octanol–water partition coefficient (Wildman–Crippen LogP) is 3.64. The molecule has 4 heteroatoms. The largest absolute Gasteiger partial charge is 0.484 e. The van der Waals surface area contributed by atoms with Gasteiger partial charge in [0.15, 0.2) is 11.6 Å². The Hall–Kier alpha value is -1.74. The molecule has 2 nitrogen and oxygen atoms in total. The van der Waals surface area contributed by atoms with Crippen LogP contribution < -0.4 is 10.5 Å². The van der Waals surface area contributed by atoms with E-state index in [1.807, 2.05) is 18.2 Å². The van der Waals surface area contributed by atoms with Crippen LogP contribution in [0.4, 0.5) is 10.1 Å². The Labute approximate surface area is 104 Å². The second-order valence-corrected chi connectivity index (χ2v) is 3.95. The molecule has 0 amide bonds. The van der Waals surface area contributed by atoms with Crippen molar-refractivity contribution < 1.29 is 9.13 Å². The molecule has 0 radical (unpaired) electrons. The van der Waals surface area contributed by atoms with E-state index in [0.717, 1.165) is 5.56 Å². The monoisotopic (exact) mass is 251 g/mol. The third-order valence-electron chi connectivity index (χ3n) is 2.33. The molecule has 0 saturated heterocycles. The van der Waals surface area contributed by atoms with Crippen LogP contribution in [0.2, 0.25) is 5.02 Å². The first-order valence-electron chi connectivity index (χ1n) is 5.08. The average molecular weight is 252 g/mol. The Kier molecular flexibility index (Phi) is 3.49.